The summed E-state index contributed by atoms with van der Waals surface area (Å²) in [5, 5.41) is 9.37. The van der Waals surface area contributed by atoms with E-state index in [9.17, 15) is 9.90 Å². The molecule has 0 unspecified atom stereocenters. The van der Waals surface area contributed by atoms with Crippen molar-refractivity contribution in [3.8, 4) is 0 Å². The van der Waals surface area contributed by atoms with Gasteiger partial charge in [0.15, 0.2) is 0 Å². The van der Waals surface area contributed by atoms with Gasteiger partial charge < -0.3 is 9.67 Å². The molecule has 0 atom stereocenters. The molecule has 0 aliphatic heterocycles. The van der Waals surface area contributed by atoms with Crippen LogP contribution in [0.4, 0.5) is 0 Å². The predicted molar refractivity (Wildman–Crippen MR) is 75.7 cm³/mol. The summed E-state index contributed by atoms with van der Waals surface area (Å²) in [4.78, 5) is 16.0. The minimum atomic E-state index is -0.904. The summed E-state index contributed by atoms with van der Waals surface area (Å²) in [6.45, 7) is 8.33. The Morgan fingerprint density at radius 2 is 2.05 bits per heavy atom. The van der Waals surface area contributed by atoms with Gasteiger partial charge in [-0.1, -0.05) is 13.0 Å². The van der Waals surface area contributed by atoms with Gasteiger partial charge in [0.2, 0.25) is 0 Å². The molecule has 0 fully saturated rings. The van der Waals surface area contributed by atoms with Crippen molar-refractivity contribution in [3.63, 3.8) is 0 Å². The van der Waals surface area contributed by atoms with Crippen LogP contribution in [0, 0.1) is 0 Å². The molecule has 4 heteroatoms. The third-order valence-corrected chi connectivity index (χ3v) is 3.12. The van der Waals surface area contributed by atoms with Crippen LogP contribution >= 0.6 is 0 Å². The molecule has 0 spiro atoms. The number of carboxylic acid groups (broad SMARTS) is 1. The number of hydrogen-bond donors (Lipinski definition) is 1. The van der Waals surface area contributed by atoms with Crippen LogP contribution in [-0.4, -0.2) is 20.6 Å². The number of carboxylic acids is 1. The van der Waals surface area contributed by atoms with Crippen molar-refractivity contribution in [2.45, 2.75) is 46.1 Å². The fourth-order valence-corrected chi connectivity index (χ4v) is 2.46. The van der Waals surface area contributed by atoms with Crippen molar-refractivity contribution in [2.75, 3.05) is 0 Å². The zero-order chi connectivity index (χ0) is 14.2. The highest BCUT2D eigenvalue weighted by Gasteiger charge is 2.24. The molecule has 2 aromatic rings. The van der Waals surface area contributed by atoms with Gasteiger partial charge >= 0.3 is 5.97 Å². The van der Waals surface area contributed by atoms with Gasteiger partial charge in [0, 0.05) is 12.0 Å². The number of rotatable bonds is 3. The van der Waals surface area contributed by atoms with Gasteiger partial charge in [-0.05, 0) is 39.3 Å². The molecule has 1 aromatic heterocycles. The second-order valence-electron chi connectivity index (χ2n) is 5.76. The minimum absolute atomic E-state index is 0.190. The van der Waals surface area contributed by atoms with Crippen LogP contribution in [-0.2, 0) is 12.0 Å². The first-order valence-electron chi connectivity index (χ1n) is 6.60. The molecule has 0 amide bonds. The third kappa shape index (κ3) is 2.35. The highest BCUT2D eigenvalue weighted by atomic mass is 16.4. The predicted octanol–water partition coefficient (Wildman–Crippen LogP) is 3.44. The fraction of sp³-hybridized carbons (Fsp3) is 0.467. The molecule has 0 radical (unpaired) electrons. The minimum Gasteiger partial charge on any atom is -0.478 e. The Kier molecular flexibility index (Phi) is 3.35. The number of fused-ring (bicyclic) bond motifs is 1. The monoisotopic (exact) mass is 260 g/mol. The number of benzene rings is 1. The molecular formula is C15H20N2O2. The number of carbonyl (C=O) groups is 1. The largest absolute Gasteiger partial charge is 0.478 e. The van der Waals surface area contributed by atoms with E-state index in [1.54, 1.807) is 12.1 Å². The van der Waals surface area contributed by atoms with Crippen LogP contribution < -0.4 is 0 Å². The maximum atomic E-state index is 11.4. The Morgan fingerprint density at radius 1 is 1.37 bits per heavy atom. The van der Waals surface area contributed by atoms with Gasteiger partial charge in [-0.2, -0.15) is 0 Å². The second kappa shape index (κ2) is 4.68. The first kappa shape index (κ1) is 13.6. The molecule has 2 rings (SSSR count). The van der Waals surface area contributed by atoms with E-state index in [1.165, 1.54) is 0 Å². The van der Waals surface area contributed by atoms with Crippen molar-refractivity contribution >= 4 is 17.0 Å². The van der Waals surface area contributed by atoms with E-state index >= 15 is 0 Å². The standard InChI is InChI=1S/C15H20N2O2/c1-5-7-12-16-11-9-6-8-10(14(18)19)13(11)17(12)15(2,3)4/h6,8-9H,5,7H2,1-4H3,(H,18,19). The molecular weight excluding hydrogens is 240 g/mol. The van der Waals surface area contributed by atoms with Crippen LogP contribution in [0.25, 0.3) is 11.0 Å². The number of hydrogen-bond acceptors (Lipinski definition) is 2. The highest BCUT2D eigenvalue weighted by molar-refractivity contribution is 6.01. The maximum Gasteiger partial charge on any atom is 0.337 e. The number of imidazole rings is 1. The number of aromatic nitrogens is 2. The average molecular weight is 260 g/mol. The second-order valence-corrected chi connectivity index (χ2v) is 5.76. The van der Waals surface area contributed by atoms with Gasteiger partial charge in [0.1, 0.15) is 5.82 Å². The van der Waals surface area contributed by atoms with Crippen molar-refractivity contribution in [3.05, 3.63) is 29.6 Å². The molecule has 0 aliphatic carbocycles. The van der Waals surface area contributed by atoms with Gasteiger partial charge in [-0.15, -0.1) is 0 Å². The Hall–Kier alpha value is -1.84. The summed E-state index contributed by atoms with van der Waals surface area (Å²) in [5.74, 6) is 0.0535. The number of aromatic carboxylic acids is 1. The molecule has 0 aliphatic rings. The smallest absolute Gasteiger partial charge is 0.337 e. The SMILES string of the molecule is CCCc1nc2cccc(C(=O)O)c2n1C(C)(C)C. The topological polar surface area (TPSA) is 55.1 Å². The van der Waals surface area contributed by atoms with Gasteiger partial charge in [0.05, 0.1) is 16.6 Å². The van der Waals surface area contributed by atoms with E-state index in [2.05, 4.69) is 37.2 Å². The summed E-state index contributed by atoms with van der Waals surface area (Å²) in [6.07, 6.45) is 1.84. The van der Waals surface area contributed by atoms with E-state index in [4.69, 9.17) is 0 Å². The van der Waals surface area contributed by atoms with Crippen molar-refractivity contribution in [1.29, 1.82) is 0 Å². The molecule has 1 aromatic carbocycles. The van der Waals surface area contributed by atoms with Crippen molar-refractivity contribution in [1.82, 2.24) is 9.55 Å². The van der Waals surface area contributed by atoms with Crippen LogP contribution in [0.2, 0.25) is 0 Å². The van der Waals surface area contributed by atoms with E-state index in [-0.39, 0.29) is 5.54 Å². The maximum absolute atomic E-state index is 11.4. The Labute approximate surface area is 113 Å². The lowest BCUT2D eigenvalue weighted by atomic mass is 10.1. The van der Waals surface area contributed by atoms with Gasteiger partial charge in [-0.25, -0.2) is 9.78 Å². The van der Waals surface area contributed by atoms with E-state index < -0.39 is 5.97 Å². The zero-order valence-electron chi connectivity index (χ0n) is 11.9. The first-order chi connectivity index (χ1) is 8.86. The molecule has 4 nitrogen and oxygen atoms in total. The van der Waals surface area contributed by atoms with E-state index in [0.717, 1.165) is 29.7 Å². The van der Waals surface area contributed by atoms with Crippen molar-refractivity contribution in [2.24, 2.45) is 0 Å². The van der Waals surface area contributed by atoms with Gasteiger partial charge in [-0.3, -0.25) is 0 Å². The van der Waals surface area contributed by atoms with Crippen LogP contribution in [0.1, 0.15) is 50.3 Å². The molecule has 19 heavy (non-hydrogen) atoms. The Balaban J connectivity index is 2.85. The molecule has 0 bridgehead atoms. The fourth-order valence-electron chi connectivity index (χ4n) is 2.46. The molecule has 0 saturated heterocycles. The molecule has 1 heterocycles. The van der Waals surface area contributed by atoms with Crippen LogP contribution in [0.3, 0.4) is 0 Å². The zero-order valence-corrected chi connectivity index (χ0v) is 11.9. The van der Waals surface area contributed by atoms with Gasteiger partial charge in [0.25, 0.3) is 0 Å². The lowest BCUT2D eigenvalue weighted by Crippen LogP contribution is -2.25. The highest BCUT2D eigenvalue weighted by Crippen LogP contribution is 2.28. The normalized spacial score (nSPS) is 12.0. The number of aryl methyl sites for hydroxylation is 1. The van der Waals surface area contributed by atoms with Crippen LogP contribution in [0.5, 0.6) is 0 Å². The Bertz CT molecular complexity index is 621. The molecule has 1 N–H and O–H groups in total. The summed E-state index contributed by atoms with van der Waals surface area (Å²) in [5.41, 5.74) is 1.62. The summed E-state index contributed by atoms with van der Waals surface area (Å²) in [6, 6.07) is 5.27. The number of nitrogens with zero attached hydrogens (tertiary/aromatic N) is 2. The molecule has 102 valence electrons. The lowest BCUT2D eigenvalue weighted by Gasteiger charge is -2.25. The lowest BCUT2D eigenvalue weighted by molar-refractivity contribution is 0.0698. The Morgan fingerprint density at radius 3 is 2.58 bits per heavy atom. The summed E-state index contributed by atoms with van der Waals surface area (Å²) >= 11 is 0. The number of para-hydroxylation sites is 1. The summed E-state index contributed by atoms with van der Waals surface area (Å²) < 4.78 is 2.06. The van der Waals surface area contributed by atoms with E-state index in [1.807, 2.05) is 6.07 Å². The summed E-state index contributed by atoms with van der Waals surface area (Å²) in [7, 11) is 0. The molecule has 0 saturated carbocycles. The van der Waals surface area contributed by atoms with E-state index in [0.29, 0.717) is 5.56 Å². The first-order valence-corrected chi connectivity index (χ1v) is 6.60. The third-order valence-electron chi connectivity index (χ3n) is 3.12. The average Bonchev–Trinajstić information content (AvgIpc) is 2.66. The quantitative estimate of drug-likeness (QED) is 0.919. The van der Waals surface area contributed by atoms with Crippen molar-refractivity contribution < 1.29 is 9.90 Å². The van der Waals surface area contributed by atoms with Crippen LogP contribution in [0.15, 0.2) is 18.2 Å².